The summed E-state index contributed by atoms with van der Waals surface area (Å²) in [4.78, 5) is 12.3. The molecule has 3 rings (SSSR count). The number of aryl methyl sites for hydroxylation is 1. The van der Waals surface area contributed by atoms with Crippen molar-refractivity contribution >= 4 is 22.4 Å². The number of hydrogen-bond acceptors (Lipinski definition) is 4. The van der Waals surface area contributed by atoms with Gasteiger partial charge in [-0.2, -0.15) is 0 Å². The lowest BCUT2D eigenvalue weighted by Crippen LogP contribution is -2.22. The van der Waals surface area contributed by atoms with Crippen LogP contribution in [-0.4, -0.2) is 26.7 Å². The van der Waals surface area contributed by atoms with Crippen molar-refractivity contribution in [2.75, 3.05) is 20.8 Å². The second-order valence-corrected chi connectivity index (χ2v) is 7.31. The van der Waals surface area contributed by atoms with Crippen molar-refractivity contribution in [3.63, 3.8) is 0 Å². The van der Waals surface area contributed by atoms with Crippen LogP contribution >= 0.6 is 0 Å². The molecule has 5 nitrogen and oxygen atoms in total. The third-order valence-electron chi connectivity index (χ3n) is 5.25. The SMILES string of the molecule is CCCCNC(=O)/C=C(\C)c1cc2c(-c3ccc(OC)cc3)coc2c(C)c1OC. The van der Waals surface area contributed by atoms with E-state index in [4.69, 9.17) is 13.9 Å². The number of benzene rings is 2. The number of carbonyl (C=O) groups excluding carboxylic acids is 1. The monoisotopic (exact) mass is 407 g/mol. The average Bonchev–Trinajstić information content (AvgIpc) is 3.18. The first-order valence-corrected chi connectivity index (χ1v) is 10.2. The summed E-state index contributed by atoms with van der Waals surface area (Å²) in [5, 5.41) is 3.91. The van der Waals surface area contributed by atoms with Crippen LogP contribution in [0.15, 0.2) is 47.1 Å². The first-order chi connectivity index (χ1) is 14.5. The molecule has 2 aromatic carbocycles. The summed E-state index contributed by atoms with van der Waals surface area (Å²) in [5.74, 6) is 1.43. The Morgan fingerprint density at radius 2 is 1.90 bits per heavy atom. The van der Waals surface area contributed by atoms with Gasteiger partial charge < -0.3 is 19.2 Å². The molecular formula is C25H29NO4. The number of unbranched alkanes of at least 4 members (excludes halogenated alkanes) is 1. The zero-order chi connectivity index (χ0) is 21.7. The fraction of sp³-hybridized carbons (Fsp3) is 0.320. The molecule has 0 unspecified atom stereocenters. The molecule has 0 saturated heterocycles. The Kier molecular flexibility index (Phi) is 6.83. The molecule has 3 aromatic rings. The van der Waals surface area contributed by atoms with E-state index < -0.39 is 0 Å². The fourth-order valence-electron chi connectivity index (χ4n) is 3.58. The molecule has 30 heavy (non-hydrogen) atoms. The van der Waals surface area contributed by atoms with E-state index in [-0.39, 0.29) is 5.91 Å². The molecule has 0 saturated carbocycles. The molecule has 0 bridgehead atoms. The Balaban J connectivity index is 2.06. The molecule has 0 fully saturated rings. The molecule has 1 heterocycles. The smallest absolute Gasteiger partial charge is 0.244 e. The highest BCUT2D eigenvalue weighted by molar-refractivity contribution is 6.01. The molecule has 0 aliphatic heterocycles. The van der Waals surface area contributed by atoms with Crippen LogP contribution < -0.4 is 14.8 Å². The maximum absolute atomic E-state index is 12.3. The van der Waals surface area contributed by atoms with Crippen molar-refractivity contribution in [2.24, 2.45) is 0 Å². The Hall–Kier alpha value is -3.21. The van der Waals surface area contributed by atoms with Gasteiger partial charge in [-0.05, 0) is 49.6 Å². The van der Waals surface area contributed by atoms with Gasteiger partial charge in [-0.3, -0.25) is 4.79 Å². The molecule has 0 spiro atoms. The summed E-state index contributed by atoms with van der Waals surface area (Å²) in [6.45, 7) is 6.68. The highest BCUT2D eigenvalue weighted by Crippen LogP contribution is 2.40. The van der Waals surface area contributed by atoms with Gasteiger partial charge in [-0.15, -0.1) is 0 Å². The predicted octanol–water partition coefficient (Wildman–Crippen LogP) is 5.75. The number of hydrogen-bond donors (Lipinski definition) is 1. The van der Waals surface area contributed by atoms with Gasteiger partial charge in [0.1, 0.15) is 17.1 Å². The molecule has 0 atom stereocenters. The van der Waals surface area contributed by atoms with E-state index in [1.165, 1.54) is 0 Å². The first kappa shape index (κ1) is 21.5. The number of fused-ring (bicyclic) bond motifs is 1. The summed E-state index contributed by atoms with van der Waals surface area (Å²) in [6, 6.07) is 9.91. The van der Waals surface area contributed by atoms with Crippen LogP contribution in [0, 0.1) is 6.92 Å². The Bertz CT molecular complexity index is 1060. The highest BCUT2D eigenvalue weighted by atomic mass is 16.5. The van der Waals surface area contributed by atoms with E-state index in [0.29, 0.717) is 12.3 Å². The van der Waals surface area contributed by atoms with Gasteiger partial charge in [0.25, 0.3) is 0 Å². The van der Waals surface area contributed by atoms with E-state index in [0.717, 1.165) is 57.4 Å². The number of furan rings is 1. The third kappa shape index (κ3) is 4.35. The molecule has 158 valence electrons. The van der Waals surface area contributed by atoms with Gasteiger partial charge in [0.2, 0.25) is 5.91 Å². The number of allylic oxidation sites excluding steroid dienone is 1. The summed E-state index contributed by atoms with van der Waals surface area (Å²) in [6.07, 6.45) is 5.40. The van der Waals surface area contributed by atoms with Crippen LogP contribution in [0.5, 0.6) is 11.5 Å². The van der Waals surface area contributed by atoms with Crippen molar-refractivity contribution in [3.05, 3.63) is 53.8 Å². The van der Waals surface area contributed by atoms with E-state index in [1.807, 2.05) is 44.2 Å². The van der Waals surface area contributed by atoms with Crippen LogP contribution in [0.4, 0.5) is 0 Å². The summed E-state index contributed by atoms with van der Waals surface area (Å²) < 4.78 is 16.8. The largest absolute Gasteiger partial charge is 0.497 e. The number of nitrogens with one attached hydrogen (secondary N) is 1. The van der Waals surface area contributed by atoms with Crippen LogP contribution in [-0.2, 0) is 4.79 Å². The Morgan fingerprint density at radius 3 is 2.53 bits per heavy atom. The molecule has 0 aliphatic carbocycles. The van der Waals surface area contributed by atoms with E-state index in [1.54, 1.807) is 26.6 Å². The number of carbonyl (C=O) groups is 1. The van der Waals surface area contributed by atoms with Gasteiger partial charge in [-0.25, -0.2) is 0 Å². The molecule has 0 aliphatic rings. The van der Waals surface area contributed by atoms with E-state index in [9.17, 15) is 4.79 Å². The number of methoxy groups -OCH3 is 2. The minimum Gasteiger partial charge on any atom is -0.497 e. The van der Waals surface area contributed by atoms with E-state index in [2.05, 4.69) is 12.2 Å². The minimum absolute atomic E-state index is 0.0941. The summed E-state index contributed by atoms with van der Waals surface area (Å²) in [5.41, 5.74) is 5.42. The Morgan fingerprint density at radius 1 is 1.17 bits per heavy atom. The van der Waals surface area contributed by atoms with Crippen LogP contribution in [0.25, 0.3) is 27.7 Å². The number of ether oxygens (including phenoxy) is 2. The van der Waals surface area contributed by atoms with Gasteiger partial charge in [0, 0.05) is 34.7 Å². The lowest BCUT2D eigenvalue weighted by Gasteiger charge is -2.13. The van der Waals surface area contributed by atoms with E-state index >= 15 is 0 Å². The van der Waals surface area contributed by atoms with Crippen molar-refractivity contribution < 1.29 is 18.7 Å². The first-order valence-electron chi connectivity index (χ1n) is 10.2. The number of amides is 1. The second-order valence-electron chi connectivity index (χ2n) is 7.31. The zero-order valence-corrected chi connectivity index (χ0v) is 18.3. The highest BCUT2D eigenvalue weighted by Gasteiger charge is 2.18. The normalized spacial score (nSPS) is 11.6. The molecule has 0 radical (unpaired) electrons. The fourth-order valence-corrected chi connectivity index (χ4v) is 3.58. The quantitative estimate of drug-likeness (QED) is 0.382. The lowest BCUT2D eigenvalue weighted by molar-refractivity contribution is -0.116. The molecule has 1 aromatic heterocycles. The minimum atomic E-state index is -0.0941. The maximum Gasteiger partial charge on any atom is 0.244 e. The van der Waals surface area contributed by atoms with Gasteiger partial charge in [0.05, 0.1) is 20.5 Å². The van der Waals surface area contributed by atoms with Crippen molar-refractivity contribution in [1.29, 1.82) is 0 Å². The third-order valence-corrected chi connectivity index (χ3v) is 5.25. The van der Waals surface area contributed by atoms with Gasteiger partial charge in [-0.1, -0.05) is 25.5 Å². The maximum atomic E-state index is 12.3. The second kappa shape index (κ2) is 9.53. The van der Waals surface area contributed by atoms with Crippen molar-refractivity contribution in [2.45, 2.75) is 33.6 Å². The van der Waals surface area contributed by atoms with Crippen molar-refractivity contribution in [3.8, 4) is 22.6 Å². The molecule has 1 N–H and O–H groups in total. The Labute approximate surface area is 177 Å². The van der Waals surface area contributed by atoms with Crippen LogP contribution in [0.2, 0.25) is 0 Å². The number of rotatable bonds is 8. The topological polar surface area (TPSA) is 60.7 Å². The van der Waals surface area contributed by atoms with Crippen LogP contribution in [0.3, 0.4) is 0 Å². The summed E-state index contributed by atoms with van der Waals surface area (Å²) in [7, 11) is 3.29. The van der Waals surface area contributed by atoms with Crippen molar-refractivity contribution in [1.82, 2.24) is 5.32 Å². The average molecular weight is 408 g/mol. The zero-order valence-electron chi connectivity index (χ0n) is 18.3. The standard InChI is InChI=1S/C25H29NO4/c1-6-7-12-26-23(27)13-16(2)20-14-21-22(18-8-10-19(28-4)11-9-18)15-30-25(21)17(3)24(20)29-5/h8-11,13-15H,6-7,12H2,1-5H3,(H,26,27)/b16-13+. The van der Waals surface area contributed by atoms with Gasteiger partial charge >= 0.3 is 0 Å². The van der Waals surface area contributed by atoms with Gasteiger partial charge in [0.15, 0.2) is 0 Å². The molecule has 1 amide bonds. The predicted molar refractivity (Wildman–Crippen MR) is 121 cm³/mol. The summed E-state index contributed by atoms with van der Waals surface area (Å²) >= 11 is 0. The molecule has 5 heteroatoms. The van der Waals surface area contributed by atoms with Crippen LogP contribution in [0.1, 0.15) is 37.8 Å². The molecular weight excluding hydrogens is 378 g/mol. The lowest BCUT2D eigenvalue weighted by atomic mass is 9.96.